The number of aromatic nitrogens is 4. The number of aromatic amines is 1. The lowest BCUT2D eigenvalue weighted by Gasteiger charge is -2.21. The molecule has 5 aromatic rings. The van der Waals surface area contributed by atoms with E-state index in [1.54, 1.807) is 46.1 Å². The second-order valence-corrected chi connectivity index (χ2v) is 12.4. The summed E-state index contributed by atoms with van der Waals surface area (Å²) in [7, 11) is -2.00. The molecule has 3 aromatic heterocycles. The molecule has 0 radical (unpaired) electrons. The minimum atomic E-state index is -3.58. The molecule has 0 saturated carbocycles. The van der Waals surface area contributed by atoms with Crippen LogP contribution in [0.2, 0.25) is 0 Å². The van der Waals surface area contributed by atoms with Crippen molar-refractivity contribution in [2.45, 2.75) is 36.8 Å². The Morgan fingerprint density at radius 3 is 2.59 bits per heavy atom. The third-order valence-electron chi connectivity index (χ3n) is 6.15. The maximum absolute atomic E-state index is 13.9. The van der Waals surface area contributed by atoms with Gasteiger partial charge >= 0.3 is 0 Å². The van der Waals surface area contributed by atoms with Crippen molar-refractivity contribution in [3.8, 4) is 5.75 Å². The maximum atomic E-state index is 13.9. The molecule has 0 bridgehead atoms. The predicted molar refractivity (Wildman–Crippen MR) is 142 cm³/mol. The van der Waals surface area contributed by atoms with E-state index in [9.17, 15) is 12.8 Å². The number of ether oxygens (including phenoxy) is 1. The second-order valence-electron chi connectivity index (χ2n) is 9.69. The van der Waals surface area contributed by atoms with Crippen LogP contribution in [0.4, 0.5) is 15.9 Å². The number of pyridine rings is 2. The molecule has 190 valence electrons. The summed E-state index contributed by atoms with van der Waals surface area (Å²) in [5.41, 5.74) is 3.02. The van der Waals surface area contributed by atoms with Gasteiger partial charge in [-0.25, -0.2) is 17.8 Å². The first-order valence-electron chi connectivity index (χ1n) is 11.6. The largest absolute Gasteiger partial charge is 0.497 e. The van der Waals surface area contributed by atoms with Crippen molar-refractivity contribution in [2.75, 3.05) is 12.4 Å². The number of rotatable bonds is 6. The van der Waals surface area contributed by atoms with E-state index in [1.807, 2.05) is 30.3 Å². The predicted octanol–water partition coefficient (Wildman–Crippen LogP) is 5.56. The first kappa shape index (κ1) is 24.6. The molecule has 0 aliphatic heterocycles. The summed E-state index contributed by atoms with van der Waals surface area (Å²) in [5.74, 6) is 0.641. The van der Waals surface area contributed by atoms with Crippen molar-refractivity contribution in [2.24, 2.45) is 0 Å². The van der Waals surface area contributed by atoms with Crippen LogP contribution in [0, 0.1) is 5.82 Å². The number of benzene rings is 2. The summed E-state index contributed by atoms with van der Waals surface area (Å²) in [5, 5.41) is 11.6. The lowest BCUT2D eigenvalue weighted by molar-refractivity contribution is 0.415. The Bertz CT molecular complexity index is 1740. The van der Waals surface area contributed by atoms with E-state index in [2.05, 4.69) is 20.5 Å². The molecule has 0 fully saturated rings. The summed E-state index contributed by atoms with van der Waals surface area (Å²) in [4.78, 5) is 9.11. The van der Waals surface area contributed by atoms with E-state index >= 15 is 0 Å². The van der Waals surface area contributed by atoms with Crippen LogP contribution in [0.5, 0.6) is 5.75 Å². The van der Waals surface area contributed by atoms with E-state index in [0.717, 1.165) is 11.6 Å². The van der Waals surface area contributed by atoms with Crippen LogP contribution in [0.15, 0.2) is 65.7 Å². The highest BCUT2D eigenvalue weighted by Gasteiger charge is 2.32. The van der Waals surface area contributed by atoms with Crippen LogP contribution in [0.25, 0.3) is 21.9 Å². The van der Waals surface area contributed by atoms with Gasteiger partial charge in [-0.3, -0.25) is 10.1 Å². The summed E-state index contributed by atoms with van der Waals surface area (Å²) in [6, 6.07) is 15.7. The molecular formula is C27H26FN5O3S. The second kappa shape index (κ2) is 9.11. The molecule has 37 heavy (non-hydrogen) atoms. The van der Waals surface area contributed by atoms with Gasteiger partial charge in [0.2, 0.25) is 0 Å². The Hall–Kier alpha value is -4.05. The number of halogens is 1. The lowest BCUT2D eigenvalue weighted by Crippen LogP contribution is -2.28. The summed E-state index contributed by atoms with van der Waals surface area (Å²) >= 11 is 0. The summed E-state index contributed by atoms with van der Waals surface area (Å²) < 4.78 is 44.9. The van der Waals surface area contributed by atoms with Crippen LogP contribution in [0.1, 0.15) is 32.0 Å². The number of fused-ring (bicyclic) bond motifs is 2. The van der Waals surface area contributed by atoms with E-state index in [-0.39, 0.29) is 11.3 Å². The number of H-pyrrole nitrogens is 1. The molecule has 2 aromatic carbocycles. The van der Waals surface area contributed by atoms with Crippen molar-refractivity contribution >= 4 is 43.3 Å². The Balaban J connectivity index is 1.63. The van der Waals surface area contributed by atoms with Crippen LogP contribution in [-0.4, -0.2) is 40.4 Å². The topological polar surface area (TPSA) is 110 Å². The number of sulfone groups is 1. The number of nitrogens with zero attached hydrogens (tertiary/aromatic N) is 3. The van der Waals surface area contributed by atoms with Gasteiger partial charge in [-0.2, -0.15) is 5.10 Å². The SMILES string of the molecule is COc1ccc2c(Nc3[nH]nc4ncc(F)cc34)cc(Cc3ccccc3S(=O)(=O)C(C)(C)C)nc2c1. The van der Waals surface area contributed by atoms with Crippen molar-refractivity contribution in [1.29, 1.82) is 0 Å². The van der Waals surface area contributed by atoms with Gasteiger partial charge in [0.05, 0.1) is 39.5 Å². The highest BCUT2D eigenvalue weighted by atomic mass is 32.2. The number of anilines is 2. The van der Waals surface area contributed by atoms with Gasteiger partial charge in [0.15, 0.2) is 15.5 Å². The molecule has 0 atom stereocenters. The Morgan fingerprint density at radius 1 is 1.05 bits per heavy atom. The summed E-state index contributed by atoms with van der Waals surface area (Å²) in [6.07, 6.45) is 1.40. The maximum Gasteiger partial charge on any atom is 0.183 e. The average molecular weight is 520 g/mol. The Kier molecular flexibility index (Phi) is 6.07. The molecular weight excluding hydrogens is 493 g/mol. The quantitative estimate of drug-likeness (QED) is 0.302. The average Bonchev–Trinajstić information content (AvgIpc) is 3.24. The van der Waals surface area contributed by atoms with Crippen molar-refractivity contribution < 1.29 is 17.5 Å². The molecule has 0 spiro atoms. The molecule has 2 N–H and O–H groups in total. The molecule has 5 rings (SSSR count). The highest BCUT2D eigenvalue weighted by molar-refractivity contribution is 7.92. The lowest BCUT2D eigenvalue weighted by atomic mass is 10.1. The summed E-state index contributed by atoms with van der Waals surface area (Å²) in [6.45, 7) is 5.07. The van der Waals surface area contributed by atoms with Gasteiger partial charge in [-0.15, -0.1) is 0 Å². The fraction of sp³-hybridized carbons (Fsp3) is 0.222. The Morgan fingerprint density at radius 2 is 1.84 bits per heavy atom. The van der Waals surface area contributed by atoms with Gasteiger partial charge in [0, 0.05) is 23.6 Å². The fourth-order valence-electron chi connectivity index (χ4n) is 4.13. The minimum Gasteiger partial charge on any atom is -0.497 e. The van der Waals surface area contributed by atoms with Gasteiger partial charge in [-0.05, 0) is 56.7 Å². The van der Waals surface area contributed by atoms with Crippen molar-refractivity contribution in [1.82, 2.24) is 20.2 Å². The first-order chi connectivity index (χ1) is 17.6. The molecule has 0 aliphatic rings. The van der Waals surface area contributed by atoms with E-state index < -0.39 is 20.4 Å². The van der Waals surface area contributed by atoms with Crippen molar-refractivity contribution in [3.05, 3.63) is 77.9 Å². The van der Waals surface area contributed by atoms with Gasteiger partial charge in [-0.1, -0.05) is 18.2 Å². The van der Waals surface area contributed by atoms with E-state index in [1.165, 1.54) is 6.07 Å². The first-order valence-corrected chi connectivity index (χ1v) is 13.1. The number of methoxy groups -OCH3 is 1. The molecule has 0 saturated heterocycles. The molecule has 0 amide bonds. The van der Waals surface area contributed by atoms with Crippen LogP contribution >= 0.6 is 0 Å². The monoisotopic (exact) mass is 519 g/mol. The van der Waals surface area contributed by atoms with Crippen molar-refractivity contribution in [3.63, 3.8) is 0 Å². The van der Waals surface area contributed by atoms with Gasteiger partial charge < -0.3 is 10.1 Å². The van der Waals surface area contributed by atoms with Crippen LogP contribution in [0.3, 0.4) is 0 Å². The number of hydrogen-bond donors (Lipinski definition) is 2. The molecule has 0 aliphatic carbocycles. The standard InChI is InChI=1S/C27H26FN5O3S/c1-27(2,3)37(34,35)24-8-6-5-7-16(24)11-18-13-22(20-10-9-19(36-4)14-23(20)30-18)31-26-21-12-17(28)15-29-25(21)32-33-26/h5-10,12-15H,11H2,1-4H3,(H2,29,30,31,32,33). The number of nitrogens with one attached hydrogen (secondary N) is 2. The molecule has 3 heterocycles. The smallest absolute Gasteiger partial charge is 0.183 e. The van der Waals surface area contributed by atoms with Crippen LogP contribution in [-0.2, 0) is 16.3 Å². The Labute approximate surface area is 213 Å². The van der Waals surface area contributed by atoms with E-state index in [0.29, 0.717) is 45.1 Å². The third-order valence-corrected chi connectivity index (χ3v) is 8.74. The molecule has 8 nitrogen and oxygen atoms in total. The minimum absolute atomic E-state index is 0.283. The fourth-order valence-corrected chi connectivity index (χ4v) is 5.53. The van der Waals surface area contributed by atoms with Crippen LogP contribution < -0.4 is 10.1 Å². The normalized spacial score (nSPS) is 12.2. The van der Waals surface area contributed by atoms with Gasteiger partial charge in [0.1, 0.15) is 17.4 Å². The molecule has 0 unspecified atom stereocenters. The zero-order valence-electron chi connectivity index (χ0n) is 20.8. The zero-order chi connectivity index (χ0) is 26.4. The number of hydrogen-bond acceptors (Lipinski definition) is 7. The zero-order valence-corrected chi connectivity index (χ0v) is 21.6. The van der Waals surface area contributed by atoms with Gasteiger partial charge in [0.25, 0.3) is 0 Å². The highest BCUT2D eigenvalue weighted by Crippen LogP contribution is 2.33. The van der Waals surface area contributed by atoms with E-state index in [4.69, 9.17) is 9.72 Å². The third kappa shape index (κ3) is 4.60. The molecule has 10 heteroatoms.